The van der Waals surface area contributed by atoms with Crippen molar-refractivity contribution in [1.29, 1.82) is 0 Å². The second-order valence-electron chi connectivity index (χ2n) is 8.05. The Bertz CT molecular complexity index is 918. The van der Waals surface area contributed by atoms with Gasteiger partial charge in [0.2, 0.25) is 5.91 Å². The zero-order chi connectivity index (χ0) is 20.8. The minimum absolute atomic E-state index is 0.0384. The fourth-order valence-electron chi connectivity index (χ4n) is 3.98. The zero-order valence-electron chi connectivity index (χ0n) is 17.3. The maximum Gasteiger partial charge on any atom is 0.224 e. The van der Waals surface area contributed by atoms with E-state index in [1.54, 1.807) is 11.0 Å². The second-order valence-corrected chi connectivity index (χ2v) is 8.05. The minimum Gasteiger partial charge on any atom is -0.354 e. The van der Waals surface area contributed by atoms with Crippen LogP contribution >= 0.6 is 0 Å². The molecule has 1 atom stereocenters. The van der Waals surface area contributed by atoms with Crippen molar-refractivity contribution < 1.29 is 4.79 Å². The third-order valence-electron chi connectivity index (χ3n) is 5.85. The van der Waals surface area contributed by atoms with Crippen LogP contribution in [0.5, 0.6) is 0 Å². The number of nitrogens with zero attached hydrogens (tertiary/aromatic N) is 5. The van der Waals surface area contributed by atoms with Crippen LogP contribution in [0.15, 0.2) is 60.9 Å². The van der Waals surface area contributed by atoms with Gasteiger partial charge in [-0.2, -0.15) is 0 Å². The highest BCUT2D eigenvalue weighted by Crippen LogP contribution is 2.26. The van der Waals surface area contributed by atoms with Gasteiger partial charge in [-0.3, -0.25) is 9.69 Å². The summed E-state index contributed by atoms with van der Waals surface area (Å²) in [5, 5.41) is 14.3. The normalized spacial score (nSPS) is 16.3. The summed E-state index contributed by atoms with van der Waals surface area (Å²) in [5.74, 6) is 0.819. The summed E-state index contributed by atoms with van der Waals surface area (Å²) in [6, 6.07) is 18.4. The molecule has 2 heterocycles. The van der Waals surface area contributed by atoms with Gasteiger partial charge in [0.25, 0.3) is 0 Å². The molecule has 1 N–H and O–H groups in total. The number of likely N-dealkylation sites (tertiary alicyclic amines) is 1. The van der Waals surface area contributed by atoms with E-state index in [0.717, 1.165) is 30.3 Å². The average molecular weight is 405 g/mol. The predicted molar refractivity (Wildman–Crippen MR) is 115 cm³/mol. The minimum atomic E-state index is 0.0384. The molecule has 7 heteroatoms. The monoisotopic (exact) mass is 404 g/mol. The lowest BCUT2D eigenvalue weighted by Gasteiger charge is -2.37. The fourth-order valence-corrected chi connectivity index (χ4v) is 3.98. The molecule has 0 radical (unpaired) electrons. The number of hydrogen-bond donors (Lipinski definition) is 1. The molecule has 1 amide bonds. The van der Waals surface area contributed by atoms with Crippen LogP contribution in [0.1, 0.15) is 36.9 Å². The standard InChI is InChI=1S/C23H28N6O/c1-18-11-13-28(14-12-18)22(20-5-3-2-4-6-20)16-24-23(30)15-19-7-9-21(10-8-19)29-17-25-26-27-29/h2-10,17-18,22H,11-16H2,1H3,(H,24,30). The lowest BCUT2D eigenvalue weighted by Crippen LogP contribution is -2.42. The number of tetrazole rings is 1. The van der Waals surface area contributed by atoms with Crippen LogP contribution in [0, 0.1) is 5.92 Å². The van der Waals surface area contributed by atoms with Crippen LogP contribution in [-0.2, 0) is 11.2 Å². The second kappa shape index (κ2) is 9.63. The molecule has 1 saturated heterocycles. The average Bonchev–Trinajstić information content (AvgIpc) is 3.31. The van der Waals surface area contributed by atoms with E-state index in [9.17, 15) is 4.79 Å². The van der Waals surface area contributed by atoms with Gasteiger partial charge in [0.1, 0.15) is 6.33 Å². The van der Waals surface area contributed by atoms with Gasteiger partial charge in [-0.25, -0.2) is 4.68 Å². The van der Waals surface area contributed by atoms with Crippen LogP contribution in [0.2, 0.25) is 0 Å². The van der Waals surface area contributed by atoms with Crippen molar-refractivity contribution in [3.8, 4) is 5.69 Å². The van der Waals surface area contributed by atoms with E-state index < -0.39 is 0 Å². The number of benzene rings is 2. The first-order valence-electron chi connectivity index (χ1n) is 10.6. The number of rotatable bonds is 7. The van der Waals surface area contributed by atoms with Crippen molar-refractivity contribution in [1.82, 2.24) is 30.4 Å². The summed E-state index contributed by atoms with van der Waals surface area (Å²) in [4.78, 5) is 15.1. The Balaban J connectivity index is 1.36. The molecule has 1 unspecified atom stereocenters. The molecule has 0 spiro atoms. The highest BCUT2D eigenvalue weighted by molar-refractivity contribution is 5.78. The number of carbonyl (C=O) groups is 1. The maximum absolute atomic E-state index is 12.6. The maximum atomic E-state index is 12.6. The molecular formula is C23H28N6O. The van der Waals surface area contributed by atoms with Crippen LogP contribution in [0.3, 0.4) is 0 Å². The molecule has 1 aliphatic heterocycles. The zero-order valence-corrected chi connectivity index (χ0v) is 17.3. The van der Waals surface area contributed by atoms with E-state index in [1.807, 2.05) is 30.3 Å². The Kier molecular flexibility index (Phi) is 6.49. The number of carbonyl (C=O) groups excluding carboxylic acids is 1. The van der Waals surface area contributed by atoms with E-state index in [2.05, 4.69) is 56.9 Å². The lowest BCUT2D eigenvalue weighted by atomic mass is 9.95. The summed E-state index contributed by atoms with van der Waals surface area (Å²) < 4.78 is 1.59. The molecule has 0 aliphatic carbocycles. The van der Waals surface area contributed by atoms with Crippen LogP contribution in [0.4, 0.5) is 0 Å². The first-order valence-corrected chi connectivity index (χ1v) is 10.6. The van der Waals surface area contributed by atoms with E-state index in [-0.39, 0.29) is 11.9 Å². The van der Waals surface area contributed by atoms with Crippen molar-refractivity contribution in [2.24, 2.45) is 5.92 Å². The Morgan fingerprint density at radius 2 is 1.83 bits per heavy atom. The van der Waals surface area contributed by atoms with Crippen molar-refractivity contribution in [2.75, 3.05) is 19.6 Å². The Hall–Kier alpha value is -3.06. The third kappa shape index (κ3) is 5.10. The van der Waals surface area contributed by atoms with Gasteiger partial charge >= 0.3 is 0 Å². The molecule has 156 valence electrons. The quantitative estimate of drug-likeness (QED) is 0.655. The molecular weight excluding hydrogens is 376 g/mol. The molecule has 2 aromatic carbocycles. The van der Waals surface area contributed by atoms with Crippen LogP contribution in [-0.4, -0.2) is 50.6 Å². The molecule has 30 heavy (non-hydrogen) atoms. The Morgan fingerprint density at radius 1 is 1.10 bits per heavy atom. The summed E-state index contributed by atoms with van der Waals surface area (Å²) in [7, 11) is 0. The highest BCUT2D eigenvalue weighted by atomic mass is 16.1. The molecule has 1 aliphatic rings. The van der Waals surface area contributed by atoms with E-state index >= 15 is 0 Å². The fraction of sp³-hybridized carbons (Fsp3) is 0.391. The summed E-state index contributed by atoms with van der Waals surface area (Å²) >= 11 is 0. The van der Waals surface area contributed by atoms with Gasteiger partial charge in [0, 0.05) is 6.54 Å². The van der Waals surface area contributed by atoms with Gasteiger partial charge in [0.15, 0.2) is 0 Å². The van der Waals surface area contributed by atoms with Gasteiger partial charge in [0.05, 0.1) is 18.2 Å². The molecule has 3 aromatic rings. The number of amides is 1. The first-order chi connectivity index (χ1) is 14.7. The lowest BCUT2D eigenvalue weighted by molar-refractivity contribution is -0.120. The van der Waals surface area contributed by atoms with Gasteiger partial charge in [-0.1, -0.05) is 49.4 Å². The Morgan fingerprint density at radius 3 is 2.50 bits per heavy atom. The van der Waals surface area contributed by atoms with Gasteiger partial charge in [-0.15, -0.1) is 5.10 Å². The molecule has 4 rings (SSSR count). The summed E-state index contributed by atoms with van der Waals surface area (Å²) in [6.07, 6.45) is 4.33. The molecule has 0 saturated carbocycles. The van der Waals surface area contributed by atoms with Crippen LogP contribution in [0.25, 0.3) is 5.69 Å². The number of hydrogen-bond acceptors (Lipinski definition) is 5. The van der Waals surface area contributed by atoms with Gasteiger partial charge in [-0.05, 0) is 65.5 Å². The smallest absolute Gasteiger partial charge is 0.224 e. The van der Waals surface area contributed by atoms with Crippen molar-refractivity contribution in [2.45, 2.75) is 32.2 Å². The van der Waals surface area contributed by atoms with Crippen LogP contribution < -0.4 is 5.32 Å². The molecule has 1 fully saturated rings. The number of nitrogens with one attached hydrogen (secondary N) is 1. The SMILES string of the molecule is CC1CCN(C(CNC(=O)Cc2ccc(-n3cnnn3)cc2)c2ccccc2)CC1. The molecule has 7 nitrogen and oxygen atoms in total. The number of aromatic nitrogens is 4. The summed E-state index contributed by atoms with van der Waals surface area (Å²) in [5.41, 5.74) is 3.10. The van der Waals surface area contributed by atoms with Crippen molar-refractivity contribution in [3.05, 3.63) is 72.1 Å². The molecule has 1 aromatic heterocycles. The summed E-state index contributed by atoms with van der Waals surface area (Å²) in [6.45, 7) is 5.10. The van der Waals surface area contributed by atoms with E-state index in [0.29, 0.717) is 13.0 Å². The first kappa shape index (κ1) is 20.2. The highest BCUT2D eigenvalue weighted by Gasteiger charge is 2.25. The van der Waals surface area contributed by atoms with E-state index in [4.69, 9.17) is 0 Å². The van der Waals surface area contributed by atoms with E-state index in [1.165, 1.54) is 18.4 Å². The number of piperidine rings is 1. The largest absolute Gasteiger partial charge is 0.354 e. The van der Waals surface area contributed by atoms with Gasteiger partial charge < -0.3 is 5.32 Å². The predicted octanol–water partition coefficient (Wildman–Crippen LogP) is 2.79. The topological polar surface area (TPSA) is 75.9 Å². The third-order valence-corrected chi connectivity index (χ3v) is 5.85. The van der Waals surface area contributed by atoms with Crippen molar-refractivity contribution >= 4 is 5.91 Å². The van der Waals surface area contributed by atoms with Crippen molar-refractivity contribution in [3.63, 3.8) is 0 Å². The molecule has 0 bridgehead atoms. The Labute approximate surface area is 177 Å².